The van der Waals surface area contributed by atoms with E-state index < -0.39 is 0 Å². The van der Waals surface area contributed by atoms with E-state index in [-0.39, 0.29) is 29.5 Å². The molecule has 2 aliphatic heterocycles. The molecule has 0 radical (unpaired) electrons. The van der Waals surface area contributed by atoms with Gasteiger partial charge < -0.3 is 19.2 Å². The molecule has 140 valence electrons. The lowest BCUT2D eigenvalue weighted by Gasteiger charge is -2.32. The van der Waals surface area contributed by atoms with Crippen LogP contribution in [0.3, 0.4) is 0 Å². The highest BCUT2D eigenvalue weighted by atomic mass is 16.6. The van der Waals surface area contributed by atoms with Crippen LogP contribution >= 0.6 is 0 Å². The van der Waals surface area contributed by atoms with Crippen molar-refractivity contribution in [1.29, 1.82) is 0 Å². The van der Waals surface area contributed by atoms with E-state index >= 15 is 0 Å². The fourth-order valence-electron chi connectivity index (χ4n) is 1.36. The highest BCUT2D eigenvalue weighted by Gasteiger charge is 2.28. The molecular formula is C17H31NO6. The Morgan fingerprint density at radius 2 is 1.62 bits per heavy atom. The molecule has 2 unspecified atom stereocenters. The zero-order chi connectivity index (χ0) is 19.3. The summed E-state index contributed by atoms with van der Waals surface area (Å²) in [6.45, 7) is 12.5. The van der Waals surface area contributed by atoms with E-state index in [1.165, 1.54) is 6.92 Å². The number of amides is 1. The Bertz CT molecular complexity index is 411. The van der Waals surface area contributed by atoms with Crippen molar-refractivity contribution in [3.8, 4) is 0 Å². The molecule has 2 saturated heterocycles. The summed E-state index contributed by atoms with van der Waals surface area (Å²) >= 11 is 0. The van der Waals surface area contributed by atoms with Crippen LogP contribution in [0.2, 0.25) is 0 Å². The molecule has 2 heterocycles. The van der Waals surface area contributed by atoms with Crippen LogP contribution in [0.1, 0.15) is 48.0 Å². The van der Waals surface area contributed by atoms with Gasteiger partial charge in [0, 0.05) is 26.9 Å². The van der Waals surface area contributed by atoms with Gasteiger partial charge in [-0.3, -0.25) is 14.4 Å². The summed E-state index contributed by atoms with van der Waals surface area (Å²) in [7, 11) is 1.82. The first kappa shape index (κ1) is 24.3. The molecule has 2 atom stereocenters. The second-order valence-corrected chi connectivity index (χ2v) is 5.63. The van der Waals surface area contributed by atoms with Gasteiger partial charge in [-0.05, 0) is 20.8 Å². The summed E-state index contributed by atoms with van der Waals surface area (Å²) in [5.41, 5.74) is 0. The Morgan fingerprint density at radius 1 is 1.17 bits per heavy atom. The summed E-state index contributed by atoms with van der Waals surface area (Å²) in [4.78, 5) is 41.9. The predicted molar refractivity (Wildman–Crippen MR) is 90.2 cm³/mol. The van der Waals surface area contributed by atoms with Crippen molar-refractivity contribution < 1.29 is 28.7 Å². The van der Waals surface area contributed by atoms with Gasteiger partial charge in [-0.2, -0.15) is 0 Å². The molecule has 0 saturated carbocycles. The van der Waals surface area contributed by atoms with Crippen LogP contribution in [0, 0.1) is 11.8 Å². The summed E-state index contributed by atoms with van der Waals surface area (Å²) < 4.78 is 8.81. The van der Waals surface area contributed by atoms with E-state index in [9.17, 15) is 19.2 Å². The summed E-state index contributed by atoms with van der Waals surface area (Å²) in [5.74, 6) is 0.729. The van der Waals surface area contributed by atoms with Crippen LogP contribution in [0.15, 0.2) is 0 Å². The SMILES string of the molecule is CC1CN(C)C1=O.CC1COC1=O.CCC(C)=O.CCOC(C)=O. The van der Waals surface area contributed by atoms with Gasteiger partial charge in [0.25, 0.3) is 0 Å². The molecule has 7 nitrogen and oxygen atoms in total. The average molecular weight is 345 g/mol. The van der Waals surface area contributed by atoms with E-state index in [1.54, 1.807) is 18.7 Å². The first-order valence-electron chi connectivity index (χ1n) is 8.11. The van der Waals surface area contributed by atoms with Crippen LogP contribution < -0.4 is 0 Å². The van der Waals surface area contributed by atoms with Crippen LogP contribution in [-0.2, 0) is 28.7 Å². The van der Waals surface area contributed by atoms with Crippen molar-refractivity contribution in [3.63, 3.8) is 0 Å². The van der Waals surface area contributed by atoms with Gasteiger partial charge in [-0.25, -0.2) is 0 Å². The van der Waals surface area contributed by atoms with Crippen molar-refractivity contribution in [2.24, 2.45) is 11.8 Å². The van der Waals surface area contributed by atoms with E-state index in [4.69, 9.17) is 0 Å². The van der Waals surface area contributed by atoms with Crippen LogP contribution in [0.25, 0.3) is 0 Å². The molecule has 2 aliphatic rings. The fourth-order valence-corrected chi connectivity index (χ4v) is 1.36. The molecule has 2 fully saturated rings. The maximum Gasteiger partial charge on any atom is 0.312 e. The van der Waals surface area contributed by atoms with Crippen LogP contribution in [-0.4, -0.2) is 55.3 Å². The molecule has 0 aromatic carbocycles. The number of ketones is 1. The van der Waals surface area contributed by atoms with Crippen molar-refractivity contribution in [2.75, 3.05) is 26.8 Å². The third kappa shape index (κ3) is 12.6. The lowest BCUT2D eigenvalue weighted by Crippen LogP contribution is -2.48. The van der Waals surface area contributed by atoms with Gasteiger partial charge in [0.1, 0.15) is 12.4 Å². The highest BCUT2D eigenvalue weighted by Crippen LogP contribution is 2.12. The van der Waals surface area contributed by atoms with E-state index in [2.05, 4.69) is 9.47 Å². The number of ether oxygens (including phenoxy) is 2. The normalized spacial score (nSPS) is 20.2. The first-order chi connectivity index (χ1) is 11.1. The van der Waals surface area contributed by atoms with E-state index in [0.29, 0.717) is 25.6 Å². The first-order valence-corrected chi connectivity index (χ1v) is 8.11. The van der Waals surface area contributed by atoms with Crippen molar-refractivity contribution >= 4 is 23.6 Å². The minimum atomic E-state index is -0.211. The van der Waals surface area contributed by atoms with E-state index in [1.807, 2.05) is 27.8 Å². The second kappa shape index (κ2) is 13.5. The Kier molecular flexibility index (Phi) is 13.7. The lowest BCUT2D eigenvalue weighted by atomic mass is 10.0. The Balaban J connectivity index is 0. The van der Waals surface area contributed by atoms with Crippen molar-refractivity contribution in [1.82, 2.24) is 4.90 Å². The monoisotopic (exact) mass is 345 g/mol. The predicted octanol–water partition coefficient (Wildman–Crippen LogP) is 1.83. The van der Waals surface area contributed by atoms with Gasteiger partial charge in [0.15, 0.2) is 0 Å². The molecule has 7 heteroatoms. The van der Waals surface area contributed by atoms with Gasteiger partial charge in [-0.15, -0.1) is 0 Å². The molecule has 0 aliphatic carbocycles. The number of Topliss-reactive ketones (excluding diaryl/α,β-unsaturated/α-hetero) is 1. The van der Waals surface area contributed by atoms with Gasteiger partial charge >= 0.3 is 11.9 Å². The Labute approximate surface area is 144 Å². The lowest BCUT2D eigenvalue weighted by molar-refractivity contribution is -0.166. The third-order valence-electron chi connectivity index (χ3n) is 3.07. The molecule has 0 aromatic heterocycles. The largest absolute Gasteiger partial charge is 0.466 e. The number of likely N-dealkylation sites (tertiary alicyclic amines) is 1. The zero-order valence-corrected chi connectivity index (χ0v) is 15.9. The van der Waals surface area contributed by atoms with Gasteiger partial charge in [0.2, 0.25) is 5.91 Å². The minimum Gasteiger partial charge on any atom is -0.466 e. The molecule has 0 bridgehead atoms. The number of carbonyl (C=O) groups is 4. The topological polar surface area (TPSA) is 90.0 Å². The third-order valence-corrected chi connectivity index (χ3v) is 3.07. The maximum atomic E-state index is 10.5. The maximum absolute atomic E-state index is 10.5. The summed E-state index contributed by atoms with van der Waals surface area (Å²) in [6, 6.07) is 0. The second-order valence-electron chi connectivity index (χ2n) is 5.63. The summed E-state index contributed by atoms with van der Waals surface area (Å²) in [5, 5.41) is 0. The fraction of sp³-hybridized carbons (Fsp3) is 0.765. The molecule has 1 amide bonds. The number of hydrogen-bond acceptors (Lipinski definition) is 6. The van der Waals surface area contributed by atoms with Gasteiger partial charge in [-0.1, -0.05) is 13.8 Å². The number of esters is 2. The van der Waals surface area contributed by atoms with Crippen LogP contribution in [0.5, 0.6) is 0 Å². The number of rotatable bonds is 2. The number of hydrogen-bond donors (Lipinski definition) is 0. The zero-order valence-electron chi connectivity index (χ0n) is 15.9. The molecule has 24 heavy (non-hydrogen) atoms. The van der Waals surface area contributed by atoms with Gasteiger partial charge in [0.05, 0.1) is 18.4 Å². The molecule has 0 aromatic rings. The average Bonchev–Trinajstić information content (AvgIpc) is 2.54. The summed E-state index contributed by atoms with van der Waals surface area (Å²) in [6.07, 6.45) is 0.667. The van der Waals surface area contributed by atoms with Crippen molar-refractivity contribution in [3.05, 3.63) is 0 Å². The Hall–Kier alpha value is -1.92. The number of cyclic esters (lactones) is 1. The number of carbonyl (C=O) groups excluding carboxylic acids is 4. The Morgan fingerprint density at radius 3 is 1.62 bits per heavy atom. The smallest absolute Gasteiger partial charge is 0.312 e. The van der Waals surface area contributed by atoms with Crippen LogP contribution in [0.4, 0.5) is 0 Å². The molecule has 2 rings (SSSR count). The van der Waals surface area contributed by atoms with E-state index in [0.717, 1.165) is 6.54 Å². The quantitative estimate of drug-likeness (QED) is 0.560. The number of nitrogens with zero attached hydrogens (tertiary/aromatic N) is 1. The molecule has 0 N–H and O–H groups in total. The standard InChI is InChI=1S/C5H9NO.C4H6O2.C4H8O2.C4H8O/c1-4-3-6(2)5(4)7;1-3-2-6-4(3)5;1-3-6-4(2)5;1-3-4(2)5/h4H,3H2,1-2H3;3H,2H2,1H3;3H2,1-2H3;3H2,1-2H3. The number of β-lactam (4-membered cyclic amide) rings is 1. The highest BCUT2D eigenvalue weighted by molar-refractivity contribution is 5.83. The van der Waals surface area contributed by atoms with Crippen molar-refractivity contribution in [2.45, 2.75) is 48.0 Å². The molecular weight excluding hydrogens is 314 g/mol. The minimum absolute atomic E-state index is 0.0602. The molecule has 0 spiro atoms.